The maximum absolute atomic E-state index is 5.75. The lowest BCUT2D eigenvalue weighted by Gasteiger charge is -2.03. The Morgan fingerprint density at radius 2 is 2.31 bits per heavy atom. The lowest BCUT2D eigenvalue weighted by Crippen LogP contribution is -2.20. The van der Waals surface area contributed by atoms with Crippen LogP contribution in [-0.4, -0.2) is 37.5 Å². The van der Waals surface area contributed by atoms with Crippen LogP contribution in [0.2, 0.25) is 5.02 Å². The number of ether oxygens (including phenoxy) is 1. The zero-order chi connectivity index (χ0) is 11.6. The number of halogens is 1. The molecule has 0 atom stereocenters. The van der Waals surface area contributed by atoms with Crippen molar-refractivity contribution in [2.75, 3.05) is 32.6 Å². The van der Waals surface area contributed by atoms with Gasteiger partial charge in [0.2, 0.25) is 0 Å². The molecular formula is C11H17ClN2OS. The summed E-state index contributed by atoms with van der Waals surface area (Å²) in [6, 6.07) is 3.82. The number of thioether (sulfide) groups is 1. The van der Waals surface area contributed by atoms with Crippen LogP contribution in [0.15, 0.2) is 23.4 Å². The number of methoxy groups -OCH3 is 1. The molecule has 0 aromatic carbocycles. The molecule has 1 N–H and O–H groups in total. The first kappa shape index (κ1) is 13.8. The molecule has 1 rings (SSSR count). The summed E-state index contributed by atoms with van der Waals surface area (Å²) in [6.07, 6.45) is 2.80. The zero-order valence-electron chi connectivity index (χ0n) is 9.41. The van der Waals surface area contributed by atoms with Gasteiger partial charge in [0.05, 0.1) is 16.7 Å². The Bertz CT molecular complexity index is 282. The summed E-state index contributed by atoms with van der Waals surface area (Å²) >= 11 is 7.50. The molecule has 1 aromatic heterocycles. The van der Waals surface area contributed by atoms with Crippen molar-refractivity contribution in [1.82, 2.24) is 10.3 Å². The normalized spacial score (nSPS) is 10.6. The molecule has 1 heterocycles. The highest BCUT2D eigenvalue weighted by Gasteiger charge is 1.95. The summed E-state index contributed by atoms with van der Waals surface area (Å²) < 4.78 is 4.94. The van der Waals surface area contributed by atoms with Crippen LogP contribution in [0.25, 0.3) is 0 Å². The van der Waals surface area contributed by atoms with Crippen molar-refractivity contribution in [3.63, 3.8) is 0 Å². The van der Waals surface area contributed by atoms with Crippen molar-refractivity contribution in [3.8, 4) is 0 Å². The molecule has 0 aliphatic carbocycles. The Labute approximate surface area is 106 Å². The Morgan fingerprint density at radius 3 is 3.00 bits per heavy atom. The average molecular weight is 261 g/mol. The Kier molecular flexibility index (Phi) is 7.59. The van der Waals surface area contributed by atoms with Gasteiger partial charge in [-0.15, -0.1) is 11.8 Å². The predicted molar refractivity (Wildman–Crippen MR) is 69.3 cm³/mol. The van der Waals surface area contributed by atoms with Gasteiger partial charge in [0.25, 0.3) is 0 Å². The molecule has 0 radical (unpaired) electrons. The second-order valence-electron chi connectivity index (χ2n) is 3.26. The molecule has 90 valence electrons. The van der Waals surface area contributed by atoms with E-state index in [4.69, 9.17) is 16.3 Å². The first-order chi connectivity index (χ1) is 7.83. The van der Waals surface area contributed by atoms with Crippen molar-refractivity contribution < 1.29 is 4.74 Å². The fraction of sp³-hybridized carbons (Fsp3) is 0.545. The van der Waals surface area contributed by atoms with E-state index in [2.05, 4.69) is 10.3 Å². The van der Waals surface area contributed by atoms with Crippen LogP contribution in [0.5, 0.6) is 0 Å². The maximum atomic E-state index is 5.75. The highest BCUT2D eigenvalue weighted by Crippen LogP contribution is 2.17. The van der Waals surface area contributed by atoms with Crippen LogP contribution in [-0.2, 0) is 4.74 Å². The zero-order valence-corrected chi connectivity index (χ0v) is 11.0. The smallest absolute Gasteiger partial charge is 0.0960 e. The highest BCUT2D eigenvalue weighted by molar-refractivity contribution is 7.99. The molecule has 0 spiro atoms. The third-order valence-electron chi connectivity index (χ3n) is 1.93. The number of aromatic nitrogens is 1. The number of nitrogens with zero attached hydrogens (tertiary/aromatic N) is 1. The molecule has 0 unspecified atom stereocenters. The first-order valence-corrected chi connectivity index (χ1v) is 6.63. The number of nitrogens with one attached hydrogen (secondary N) is 1. The average Bonchev–Trinajstić information content (AvgIpc) is 2.30. The molecule has 0 aliphatic heterocycles. The lowest BCUT2D eigenvalue weighted by molar-refractivity contribution is 0.199. The van der Waals surface area contributed by atoms with E-state index >= 15 is 0 Å². The molecule has 1 aromatic rings. The summed E-state index contributed by atoms with van der Waals surface area (Å²) in [6.45, 7) is 2.70. The van der Waals surface area contributed by atoms with Gasteiger partial charge in [0.1, 0.15) is 0 Å². The minimum Gasteiger partial charge on any atom is -0.383 e. The predicted octanol–water partition coefficient (Wildman–Crippen LogP) is 2.45. The Hall–Kier alpha value is -0.290. The van der Waals surface area contributed by atoms with E-state index < -0.39 is 0 Å². The third kappa shape index (κ3) is 6.33. The van der Waals surface area contributed by atoms with E-state index in [1.165, 1.54) is 0 Å². The highest BCUT2D eigenvalue weighted by atomic mass is 35.5. The standard InChI is InChI=1S/C11H17ClN2OS/c1-15-7-6-13-5-2-8-16-11-4-3-10(12)9-14-11/h3-4,9,13H,2,5-8H2,1H3. The molecule has 16 heavy (non-hydrogen) atoms. The van der Waals surface area contributed by atoms with Crippen molar-refractivity contribution >= 4 is 23.4 Å². The molecule has 3 nitrogen and oxygen atoms in total. The van der Waals surface area contributed by atoms with Crippen molar-refractivity contribution in [2.24, 2.45) is 0 Å². The molecule has 5 heteroatoms. The summed E-state index contributed by atoms with van der Waals surface area (Å²) in [5.74, 6) is 1.06. The first-order valence-electron chi connectivity index (χ1n) is 5.27. The third-order valence-corrected chi connectivity index (χ3v) is 3.18. The molecule has 0 amide bonds. The number of pyridine rings is 1. The fourth-order valence-electron chi connectivity index (χ4n) is 1.12. The number of rotatable bonds is 8. The monoisotopic (exact) mass is 260 g/mol. The van der Waals surface area contributed by atoms with Crippen LogP contribution >= 0.6 is 23.4 Å². The van der Waals surface area contributed by atoms with E-state index in [9.17, 15) is 0 Å². The fourth-order valence-corrected chi connectivity index (χ4v) is 2.02. The summed E-state index contributed by atoms with van der Waals surface area (Å²) in [5, 5.41) is 5.02. The lowest BCUT2D eigenvalue weighted by atomic mass is 10.5. The van der Waals surface area contributed by atoms with Crippen molar-refractivity contribution in [2.45, 2.75) is 11.4 Å². The van der Waals surface area contributed by atoms with Crippen molar-refractivity contribution in [1.29, 1.82) is 0 Å². The van der Waals surface area contributed by atoms with Crippen LogP contribution < -0.4 is 5.32 Å². The van der Waals surface area contributed by atoms with Crippen LogP contribution in [0.4, 0.5) is 0 Å². The van der Waals surface area contributed by atoms with Gasteiger partial charge in [0.15, 0.2) is 0 Å². The second-order valence-corrected chi connectivity index (χ2v) is 4.81. The van der Waals surface area contributed by atoms with Gasteiger partial charge >= 0.3 is 0 Å². The minimum absolute atomic E-state index is 0.686. The van der Waals surface area contributed by atoms with Gasteiger partial charge in [-0.25, -0.2) is 4.98 Å². The number of hydrogen-bond donors (Lipinski definition) is 1. The van der Waals surface area contributed by atoms with Crippen LogP contribution in [0.1, 0.15) is 6.42 Å². The molecule has 0 bridgehead atoms. The van der Waals surface area contributed by atoms with Gasteiger partial charge in [-0.1, -0.05) is 11.6 Å². The molecule has 0 aliphatic rings. The van der Waals surface area contributed by atoms with Crippen molar-refractivity contribution in [3.05, 3.63) is 23.4 Å². The topological polar surface area (TPSA) is 34.1 Å². The van der Waals surface area contributed by atoms with Gasteiger partial charge in [-0.05, 0) is 25.1 Å². The van der Waals surface area contributed by atoms with E-state index in [0.717, 1.165) is 36.9 Å². The quantitative estimate of drug-likeness (QED) is 0.575. The molecular weight excluding hydrogens is 244 g/mol. The summed E-state index contributed by atoms with van der Waals surface area (Å²) in [5.41, 5.74) is 0. The van der Waals surface area contributed by atoms with Gasteiger partial charge in [-0.2, -0.15) is 0 Å². The van der Waals surface area contributed by atoms with E-state index in [1.807, 2.05) is 12.1 Å². The summed E-state index contributed by atoms with van der Waals surface area (Å²) in [4.78, 5) is 4.22. The van der Waals surface area contributed by atoms with Gasteiger partial charge in [0, 0.05) is 25.6 Å². The summed E-state index contributed by atoms with van der Waals surface area (Å²) in [7, 11) is 1.71. The SMILES string of the molecule is COCCNCCCSc1ccc(Cl)cn1. The van der Waals surface area contributed by atoms with E-state index in [-0.39, 0.29) is 0 Å². The van der Waals surface area contributed by atoms with E-state index in [0.29, 0.717) is 5.02 Å². The van der Waals surface area contributed by atoms with E-state index in [1.54, 1.807) is 25.1 Å². The molecule has 0 fully saturated rings. The molecule has 0 saturated carbocycles. The van der Waals surface area contributed by atoms with Crippen LogP contribution in [0, 0.1) is 0 Å². The van der Waals surface area contributed by atoms with Gasteiger partial charge in [-0.3, -0.25) is 0 Å². The largest absolute Gasteiger partial charge is 0.383 e. The van der Waals surface area contributed by atoms with Gasteiger partial charge < -0.3 is 10.1 Å². The molecule has 0 saturated heterocycles. The maximum Gasteiger partial charge on any atom is 0.0960 e. The minimum atomic E-state index is 0.686. The number of hydrogen-bond acceptors (Lipinski definition) is 4. The Morgan fingerprint density at radius 1 is 1.44 bits per heavy atom. The second kappa shape index (κ2) is 8.82. The Balaban J connectivity index is 2.01. The van der Waals surface area contributed by atoms with Crippen LogP contribution in [0.3, 0.4) is 0 Å².